The van der Waals surface area contributed by atoms with Crippen molar-refractivity contribution in [3.8, 4) is 0 Å². The molecule has 2 unspecified atom stereocenters. The van der Waals surface area contributed by atoms with E-state index in [4.69, 9.17) is 24.1 Å². The molecule has 0 aliphatic carbocycles. The summed E-state index contributed by atoms with van der Waals surface area (Å²) in [6.07, 6.45) is 14.0. The van der Waals surface area contributed by atoms with Gasteiger partial charge in [-0.25, -0.2) is 13.6 Å². The van der Waals surface area contributed by atoms with Gasteiger partial charge in [-0.15, -0.1) is 0 Å². The van der Waals surface area contributed by atoms with Gasteiger partial charge in [0, 0.05) is 13.2 Å². The third-order valence-corrected chi connectivity index (χ3v) is 9.58. The number of unbranched alkanes of at least 4 members (excludes halogenated alkanes) is 2. The van der Waals surface area contributed by atoms with Crippen LogP contribution in [-0.2, 0) is 41.8 Å². The van der Waals surface area contributed by atoms with Crippen LogP contribution in [0.3, 0.4) is 0 Å². The van der Waals surface area contributed by atoms with E-state index in [1.807, 2.05) is 6.07 Å². The molecule has 0 aromatic heterocycles. The van der Waals surface area contributed by atoms with E-state index in [0.717, 1.165) is 101 Å². The van der Waals surface area contributed by atoms with Crippen LogP contribution in [0.2, 0.25) is 0 Å². The fourth-order valence-electron chi connectivity index (χ4n) is 5.95. The van der Waals surface area contributed by atoms with Crippen molar-refractivity contribution in [2.75, 3.05) is 26.4 Å². The summed E-state index contributed by atoms with van der Waals surface area (Å²) in [6.45, 7) is 14.0. The Bertz CT molecular complexity index is 1030. The topological polar surface area (TPSA) is 97.1 Å². The van der Waals surface area contributed by atoms with Gasteiger partial charge in [0.1, 0.15) is 0 Å². The Labute approximate surface area is 250 Å². The monoisotopic (exact) mass is 595 g/mol. The second kappa shape index (κ2) is 16.2. The number of nitrogens with two attached hydrogens (primary N) is 1. The van der Waals surface area contributed by atoms with Crippen LogP contribution in [0.1, 0.15) is 121 Å². The smallest absolute Gasteiger partial charge is 0.238 e. The third-order valence-electron chi connectivity index (χ3n) is 8.59. The van der Waals surface area contributed by atoms with Crippen LogP contribution in [0, 0.1) is 17.8 Å². The van der Waals surface area contributed by atoms with Crippen LogP contribution in [0.25, 0.3) is 0 Å². The normalized spacial score (nSPS) is 20.8. The number of ether oxygens (including phenoxy) is 4. The summed E-state index contributed by atoms with van der Waals surface area (Å²) in [5.41, 5.74) is 3.32. The van der Waals surface area contributed by atoms with Crippen LogP contribution >= 0.6 is 0 Å². The molecule has 2 aliphatic heterocycles. The second-order valence-corrected chi connectivity index (χ2v) is 15.4. The van der Waals surface area contributed by atoms with E-state index < -0.39 is 10.0 Å². The number of primary sulfonamides is 1. The van der Waals surface area contributed by atoms with Crippen molar-refractivity contribution >= 4 is 10.0 Å². The SMILES string of the molecule is Cc1ccc(S(N)(=O)=O)c(CCCCC(C)(C)COC2CCCCO2)c1CCCCC(C)(C)COC1CCCCO1. The minimum atomic E-state index is -3.79. The van der Waals surface area contributed by atoms with Gasteiger partial charge in [0.2, 0.25) is 10.0 Å². The molecule has 236 valence electrons. The molecule has 1 aromatic rings. The maximum atomic E-state index is 12.5. The zero-order valence-electron chi connectivity index (χ0n) is 26.5. The standard InChI is InChI=1S/C33H57NO6S/c1-26-18-19-29(41(34,35)36)28(15-7-11-21-33(4,5)25-40-31-17-9-13-23-38-31)27(26)14-6-10-20-32(2,3)24-39-30-16-8-12-22-37-30/h18-19,30-31H,6-17,20-25H2,1-5H3,(H2,34,35,36). The van der Waals surface area contributed by atoms with Crippen LogP contribution in [0.4, 0.5) is 0 Å². The Hall–Kier alpha value is -1.03. The van der Waals surface area contributed by atoms with Crippen LogP contribution in [0.15, 0.2) is 17.0 Å². The molecule has 0 bridgehead atoms. The van der Waals surface area contributed by atoms with Gasteiger partial charge in [-0.3, -0.25) is 0 Å². The second-order valence-electron chi connectivity index (χ2n) is 13.8. The van der Waals surface area contributed by atoms with Gasteiger partial charge in [-0.05, 0) is 118 Å². The quantitative estimate of drug-likeness (QED) is 0.191. The summed E-state index contributed by atoms with van der Waals surface area (Å²) in [5, 5.41) is 5.69. The number of aryl methyl sites for hydroxylation is 1. The Morgan fingerprint density at radius 1 is 0.780 bits per heavy atom. The van der Waals surface area contributed by atoms with Crippen molar-refractivity contribution in [2.24, 2.45) is 16.0 Å². The summed E-state index contributed by atoms with van der Waals surface area (Å²) in [4.78, 5) is 0.288. The molecule has 2 heterocycles. The summed E-state index contributed by atoms with van der Waals surface area (Å²) in [7, 11) is -3.79. The minimum Gasteiger partial charge on any atom is -0.353 e. The van der Waals surface area contributed by atoms with Crippen molar-refractivity contribution in [1.29, 1.82) is 0 Å². The number of rotatable bonds is 17. The highest BCUT2D eigenvalue weighted by Gasteiger charge is 2.25. The van der Waals surface area contributed by atoms with Gasteiger partial charge in [0.15, 0.2) is 12.6 Å². The molecule has 2 N–H and O–H groups in total. The molecule has 2 fully saturated rings. The van der Waals surface area contributed by atoms with Crippen molar-refractivity contribution < 1.29 is 27.4 Å². The average molecular weight is 596 g/mol. The van der Waals surface area contributed by atoms with E-state index in [9.17, 15) is 8.42 Å². The van der Waals surface area contributed by atoms with Gasteiger partial charge in [-0.1, -0.05) is 46.6 Å². The first-order chi connectivity index (χ1) is 19.4. The lowest BCUT2D eigenvalue weighted by atomic mass is 9.85. The fraction of sp³-hybridized carbons (Fsp3) is 0.818. The van der Waals surface area contributed by atoms with Gasteiger partial charge in [0.05, 0.1) is 18.1 Å². The van der Waals surface area contributed by atoms with Crippen LogP contribution in [0.5, 0.6) is 0 Å². The zero-order valence-corrected chi connectivity index (χ0v) is 27.3. The lowest BCUT2D eigenvalue weighted by Crippen LogP contribution is -2.28. The van der Waals surface area contributed by atoms with Crippen molar-refractivity contribution in [2.45, 2.75) is 142 Å². The first-order valence-corrected chi connectivity index (χ1v) is 17.5. The van der Waals surface area contributed by atoms with Crippen molar-refractivity contribution in [1.82, 2.24) is 0 Å². The highest BCUT2D eigenvalue weighted by Crippen LogP contribution is 2.31. The predicted octanol–water partition coefficient (Wildman–Crippen LogP) is 7.21. The van der Waals surface area contributed by atoms with Crippen LogP contribution in [-0.4, -0.2) is 47.4 Å². The average Bonchev–Trinajstić information content (AvgIpc) is 2.93. The minimum absolute atomic E-state index is 0.0403. The molecule has 0 saturated carbocycles. The molecule has 2 aliphatic rings. The maximum Gasteiger partial charge on any atom is 0.238 e. The Balaban J connectivity index is 1.52. The molecular weight excluding hydrogens is 538 g/mol. The lowest BCUT2D eigenvalue weighted by molar-refractivity contribution is -0.176. The molecule has 0 radical (unpaired) electrons. The lowest BCUT2D eigenvalue weighted by Gasteiger charge is -2.29. The van der Waals surface area contributed by atoms with E-state index in [1.54, 1.807) is 6.07 Å². The molecule has 0 amide bonds. The number of hydrogen-bond acceptors (Lipinski definition) is 6. The highest BCUT2D eigenvalue weighted by molar-refractivity contribution is 7.89. The Morgan fingerprint density at radius 3 is 1.71 bits per heavy atom. The van der Waals surface area contributed by atoms with Crippen LogP contribution < -0.4 is 5.14 Å². The van der Waals surface area contributed by atoms with E-state index in [0.29, 0.717) is 19.6 Å². The van der Waals surface area contributed by atoms with Gasteiger partial charge < -0.3 is 18.9 Å². The third kappa shape index (κ3) is 12.2. The molecule has 7 nitrogen and oxygen atoms in total. The van der Waals surface area contributed by atoms with Gasteiger partial charge >= 0.3 is 0 Å². The Morgan fingerprint density at radius 2 is 1.27 bits per heavy atom. The van der Waals surface area contributed by atoms with Crippen molar-refractivity contribution in [3.05, 3.63) is 28.8 Å². The highest BCUT2D eigenvalue weighted by atomic mass is 32.2. The molecule has 2 saturated heterocycles. The van der Waals surface area contributed by atoms with E-state index in [1.165, 1.54) is 12.8 Å². The first-order valence-electron chi connectivity index (χ1n) is 16.0. The first kappa shape index (κ1) is 34.5. The largest absolute Gasteiger partial charge is 0.353 e. The molecular formula is C33H57NO6S. The molecule has 8 heteroatoms. The van der Waals surface area contributed by atoms with E-state index in [-0.39, 0.29) is 28.3 Å². The molecule has 2 atom stereocenters. The predicted molar refractivity (Wildman–Crippen MR) is 164 cm³/mol. The summed E-state index contributed by atoms with van der Waals surface area (Å²) >= 11 is 0. The molecule has 0 spiro atoms. The molecule has 1 aromatic carbocycles. The summed E-state index contributed by atoms with van der Waals surface area (Å²) in [6, 6.07) is 3.60. The number of benzene rings is 1. The number of sulfonamides is 1. The summed E-state index contributed by atoms with van der Waals surface area (Å²) in [5.74, 6) is 0. The van der Waals surface area contributed by atoms with E-state index >= 15 is 0 Å². The zero-order chi connectivity index (χ0) is 29.9. The van der Waals surface area contributed by atoms with E-state index in [2.05, 4.69) is 34.6 Å². The van der Waals surface area contributed by atoms with Gasteiger partial charge in [0.25, 0.3) is 0 Å². The Kier molecular flexibility index (Phi) is 13.6. The molecule has 3 rings (SSSR count). The summed E-state index contributed by atoms with van der Waals surface area (Å²) < 4.78 is 48.6. The molecule has 41 heavy (non-hydrogen) atoms. The van der Waals surface area contributed by atoms with Gasteiger partial charge in [-0.2, -0.15) is 0 Å². The fourth-order valence-corrected chi connectivity index (χ4v) is 6.78. The van der Waals surface area contributed by atoms with Crippen molar-refractivity contribution in [3.63, 3.8) is 0 Å². The number of hydrogen-bond donors (Lipinski definition) is 1. The maximum absolute atomic E-state index is 12.5.